The first-order valence-electron chi connectivity index (χ1n) is 20.1. The standard InChI is InChI=1S/C57H41N3/c1-3-55(58-4-2)43-29-27-40(28-30-43)49-21-11-14-24-52(49)46-35-47(53-25-15-12-22-50(53)44-31-33-56(59-38-44)41-17-7-5-8-18-41)37-48(36-46)54-26-16-13-23-51(54)45-32-34-57(60-39-45)42-19-9-6-10-20-42/h3-39H,1-2H2. The Morgan fingerprint density at radius 1 is 0.350 bits per heavy atom. The first-order valence-corrected chi connectivity index (χ1v) is 20.1. The van der Waals surface area contributed by atoms with Gasteiger partial charge in [-0.1, -0.05) is 183 Å². The zero-order valence-electron chi connectivity index (χ0n) is 33.1. The topological polar surface area (TPSA) is 38.1 Å². The predicted molar refractivity (Wildman–Crippen MR) is 252 cm³/mol. The maximum atomic E-state index is 4.92. The molecule has 2 aromatic heterocycles. The van der Waals surface area contributed by atoms with Gasteiger partial charge in [0.1, 0.15) is 0 Å². The Morgan fingerprint density at radius 2 is 0.700 bits per heavy atom. The van der Waals surface area contributed by atoms with Crippen molar-refractivity contribution in [3.63, 3.8) is 0 Å². The van der Waals surface area contributed by atoms with E-state index in [2.05, 4.69) is 182 Å². The highest BCUT2D eigenvalue weighted by Crippen LogP contribution is 2.42. The predicted octanol–water partition coefficient (Wildman–Crippen LogP) is 14.9. The lowest BCUT2D eigenvalue weighted by atomic mass is 9.86. The van der Waals surface area contributed by atoms with E-state index in [0.717, 1.165) is 101 Å². The second-order valence-corrected chi connectivity index (χ2v) is 14.5. The minimum Gasteiger partial charge on any atom is -0.257 e. The largest absolute Gasteiger partial charge is 0.257 e. The average molecular weight is 768 g/mol. The highest BCUT2D eigenvalue weighted by Gasteiger charge is 2.17. The first kappa shape index (κ1) is 37.6. The zero-order valence-corrected chi connectivity index (χ0v) is 33.1. The van der Waals surface area contributed by atoms with E-state index >= 15 is 0 Å². The smallest absolute Gasteiger partial charge is 0.0702 e. The van der Waals surface area contributed by atoms with Gasteiger partial charge in [0.15, 0.2) is 0 Å². The summed E-state index contributed by atoms with van der Waals surface area (Å²) >= 11 is 0. The average Bonchev–Trinajstić information content (AvgIpc) is 3.34. The third-order valence-corrected chi connectivity index (χ3v) is 10.9. The summed E-state index contributed by atoms with van der Waals surface area (Å²) in [6, 6.07) is 70.6. The van der Waals surface area contributed by atoms with Crippen molar-refractivity contribution in [3.8, 4) is 89.3 Å². The molecule has 0 aliphatic carbocycles. The normalized spacial score (nSPS) is 11.2. The highest BCUT2D eigenvalue weighted by molar-refractivity contribution is 6.09. The number of aliphatic imine (C=N–C) groups is 1. The second-order valence-electron chi connectivity index (χ2n) is 14.5. The van der Waals surface area contributed by atoms with Gasteiger partial charge < -0.3 is 0 Å². The van der Waals surface area contributed by atoms with E-state index < -0.39 is 0 Å². The Kier molecular flexibility index (Phi) is 10.8. The number of rotatable bonds is 11. The summed E-state index contributed by atoms with van der Waals surface area (Å²) in [6.07, 6.45) is 7.29. The second kappa shape index (κ2) is 17.2. The van der Waals surface area contributed by atoms with E-state index in [1.807, 2.05) is 48.8 Å². The number of benzene rings is 7. The van der Waals surface area contributed by atoms with Crippen molar-refractivity contribution in [1.82, 2.24) is 9.97 Å². The lowest BCUT2D eigenvalue weighted by Gasteiger charge is -2.18. The van der Waals surface area contributed by atoms with Gasteiger partial charge in [-0.25, -0.2) is 0 Å². The third-order valence-electron chi connectivity index (χ3n) is 10.9. The molecule has 0 radical (unpaired) electrons. The highest BCUT2D eigenvalue weighted by atomic mass is 14.7. The molecule has 284 valence electrons. The Hall–Kier alpha value is -8.01. The van der Waals surface area contributed by atoms with Crippen molar-refractivity contribution in [3.05, 3.63) is 244 Å². The molecule has 0 saturated heterocycles. The fourth-order valence-corrected chi connectivity index (χ4v) is 7.88. The van der Waals surface area contributed by atoms with Gasteiger partial charge in [0.2, 0.25) is 0 Å². The number of hydrogen-bond donors (Lipinski definition) is 0. The molecule has 2 heterocycles. The van der Waals surface area contributed by atoms with Gasteiger partial charge in [-0.2, -0.15) is 0 Å². The quantitative estimate of drug-likeness (QED) is 0.123. The number of pyridine rings is 2. The molecule has 0 unspecified atom stereocenters. The molecule has 0 bridgehead atoms. The van der Waals surface area contributed by atoms with Crippen LogP contribution in [-0.2, 0) is 0 Å². The molecule has 3 nitrogen and oxygen atoms in total. The SMILES string of the molecule is C=CN=C(C=C)c1ccc(-c2ccccc2-c2cc(-c3ccccc3-c3ccc(-c4ccccc4)nc3)cc(-c3ccccc3-c3ccc(-c4ccccc4)nc3)c2)cc1. The van der Waals surface area contributed by atoms with Crippen molar-refractivity contribution in [2.75, 3.05) is 0 Å². The summed E-state index contributed by atoms with van der Waals surface area (Å²) in [5, 5.41) is 0. The zero-order chi connectivity index (χ0) is 40.7. The summed E-state index contributed by atoms with van der Waals surface area (Å²) < 4.78 is 0. The maximum Gasteiger partial charge on any atom is 0.0702 e. The molecule has 0 fully saturated rings. The van der Waals surface area contributed by atoms with Crippen LogP contribution in [0.4, 0.5) is 0 Å². The van der Waals surface area contributed by atoms with Gasteiger partial charge >= 0.3 is 0 Å². The summed E-state index contributed by atoms with van der Waals surface area (Å²) in [4.78, 5) is 14.2. The van der Waals surface area contributed by atoms with Gasteiger partial charge in [0, 0.05) is 46.4 Å². The van der Waals surface area contributed by atoms with Gasteiger partial charge in [0.25, 0.3) is 0 Å². The Balaban J connectivity index is 1.20. The van der Waals surface area contributed by atoms with Crippen molar-refractivity contribution in [1.29, 1.82) is 0 Å². The maximum absolute atomic E-state index is 4.92. The summed E-state index contributed by atoms with van der Waals surface area (Å²) in [6.45, 7) is 7.73. The van der Waals surface area contributed by atoms with Crippen LogP contribution in [0, 0.1) is 0 Å². The molecule has 9 rings (SSSR count). The molecule has 0 amide bonds. The molecule has 0 aliphatic heterocycles. The summed E-state index contributed by atoms with van der Waals surface area (Å²) in [5.74, 6) is 0. The van der Waals surface area contributed by atoms with E-state index in [9.17, 15) is 0 Å². The molecule has 60 heavy (non-hydrogen) atoms. The Labute approximate surface area is 352 Å². The molecular formula is C57H41N3. The molecule has 7 aromatic carbocycles. The van der Waals surface area contributed by atoms with Crippen LogP contribution in [0.5, 0.6) is 0 Å². The number of hydrogen-bond acceptors (Lipinski definition) is 3. The summed E-state index contributed by atoms with van der Waals surface area (Å²) in [5.41, 5.74) is 19.2. The third kappa shape index (κ3) is 7.80. The molecule has 3 heteroatoms. The summed E-state index contributed by atoms with van der Waals surface area (Å²) in [7, 11) is 0. The number of aromatic nitrogens is 2. The first-order chi connectivity index (χ1) is 29.7. The molecule has 0 N–H and O–H groups in total. The fraction of sp³-hybridized carbons (Fsp3) is 0. The van der Waals surface area contributed by atoms with Crippen molar-refractivity contribution >= 4 is 5.71 Å². The van der Waals surface area contributed by atoms with Crippen LogP contribution in [0.25, 0.3) is 89.3 Å². The van der Waals surface area contributed by atoms with Crippen LogP contribution in [0.15, 0.2) is 243 Å². The Bertz CT molecular complexity index is 2820. The molecular weight excluding hydrogens is 727 g/mol. The van der Waals surface area contributed by atoms with E-state index in [-0.39, 0.29) is 0 Å². The van der Waals surface area contributed by atoms with Gasteiger partial charge in [0.05, 0.1) is 17.1 Å². The van der Waals surface area contributed by atoms with Gasteiger partial charge in [-0.05, 0) is 92.0 Å². The van der Waals surface area contributed by atoms with Crippen LogP contribution in [0.3, 0.4) is 0 Å². The van der Waals surface area contributed by atoms with Crippen LogP contribution in [0.2, 0.25) is 0 Å². The van der Waals surface area contributed by atoms with Crippen LogP contribution in [-0.4, -0.2) is 15.7 Å². The van der Waals surface area contributed by atoms with Crippen molar-refractivity contribution < 1.29 is 0 Å². The molecule has 0 spiro atoms. The van der Waals surface area contributed by atoms with E-state index in [4.69, 9.17) is 9.97 Å². The van der Waals surface area contributed by atoms with Gasteiger partial charge in [-0.15, -0.1) is 0 Å². The lowest BCUT2D eigenvalue weighted by Crippen LogP contribution is -1.95. The van der Waals surface area contributed by atoms with Crippen LogP contribution < -0.4 is 0 Å². The van der Waals surface area contributed by atoms with E-state index in [0.29, 0.717) is 0 Å². The molecule has 0 saturated carbocycles. The van der Waals surface area contributed by atoms with E-state index in [1.165, 1.54) is 0 Å². The molecule has 9 aromatic rings. The molecule has 0 atom stereocenters. The monoisotopic (exact) mass is 767 g/mol. The van der Waals surface area contributed by atoms with Gasteiger partial charge in [-0.3, -0.25) is 15.0 Å². The van der Waals surface area contributed by atoms with E-state index in [1.54, 1.807) is 12.3 Å². The van der Waals surface area contributed by atoms with Crippen LogP contribution in [0.1, 0.15) is 5.56 Å². The van der Waals surface area contributed by atoms with Crippen molar-refractivity contribution in [2.24, 2.45) is 4.99 Å². The minimum atomic E-state index is 0.786. The minimum absolute atomic E-state index is 0.786. The van der Waals surface area contributed by atoms with Crippen molar-refractivity contribution in [2.45, 2.75) is 0 Å². The Morgan fingerprint density at radius 3 is 1.05 bits per heavy atom. The van der Waals surface area contributed by atoms with Crippen LogP contribution >= 0.6 is 0 Å². The fourth-order valence-electron chi connectivity index (χ4n) is 7.88. The molecule has 0 aliphatic rings. The number of nitrogens with zero attached hydrogens (tertiary/aromatic N) is 3. The lowest BCUT2D eigenvalue weighted by molar-refractivity contribution is 1.32. The number of allylic oxidation sites excluding steroid dienone is 1.